The summed E-state index contributed by atoms with van der Waals surface area (Å²) in [6.45, 7) is 2.39. The number of methoxy groups -OCH3 is 1. The zero-order chi connectivity index (χ0) is 9.05. The van der Waals surface area contributed by atoms with Gasteiger partial charge in [0.15, 0.2) is 0 Å². The summed E-state index contributed by atoms with van der Waals surface area (Å²) in [5.41, 5.74) is 0.302. The second kappa shape index (κ2) is 2.44. The third-order valence-electron chi connectivity index (χ3n) is 4.85. The van der Waals surface area contributed by atoms with Crippen molar-refractivity contribution in [1.82, 2.24) is 0 Å². The van der Waals surface area contributed by atoms with Crippen molar-refractivity contribution in [2.75, 3.05) is 7.11 Å². The topological polar surface area (TPSA) is 9.23 Å². The Morgan fingerprint density at radius 2 is 1.77 bits per heavy atom. The Kier molecular flexibility index (Phi) is 1.53. The second-order valence-corrected chi connectivity index (χ2v) is 5.47. The van der Waals surface area contributed by atoms with Crippen molar-refractivity contribution < 1.29 is 4.74 Å². The minimum absolute atomic E-state index is 0.302. The highest BCUT2D eigenvalue weighted by molar-refractivity contribution is 5.16. The Morgan fingerprint density at radius 3 is 2.31 bits per heavy atom. The van der Waals surface area contributed by atoms with Gasteiger partial charge < -0.3 is 4.74 Å². The second-order valence-electron chi connectivity index (χ2n) is 5.47. The van der Waals surface area contributed by atoms with Crippen LogP contribution in [0.25, 0.3) is 0 Å². The molecule has 0 aliphatic heterocycles. The van der Waals surface area contributed by atoms with Gasteiger partial charge >= 0.3 is 0 Å². The van der Waals surface area contributed by atoms with Gasteiger partial charge in [-0.25, -0.2) is 0 Å². The Labute approximate surface area is 80.8 Å². The molecule has 4 rings (SSSR count). The molecule has 2 unspecified atom stereocenters. The van der Waals surface area contributed by atoms with E-state index in [2.05, 4.69) is 6.92 Å². The maximum atomic E-state index is 5.79. The predicted molar refractivity (Wildman–Crippen MR) is 52.2 cm³/mol. The van der Waals surface area contributed by atoms with Crippen molar-refractivity contribution in [3.63, 3.8) is 0 Å². The molecule has 1 nitrogen and oxygen atoms in total. The molecule has 4 atom stereocenters. The largest absolute Gasteiger partial charge is 0.378 e. The number of rotatable bonds is 1. The molecule has 4 fully saturated rings. The molecule has 4 aliphatic carbocycles. The lowest BCUT2D eigenvalue weighted by Crippen LogP contribution is -2.54. The minimum atomic E-state index is 0.302. The maximum Gasteiger partial charge on any atom is 0.103 e. The summed E-state index contributed by atoms with van der Waals surface area (Å²) in [5, 5.41) is 0. The van der Waals surface area contributed by atoms with Crippen molar-refractivity contribution in [1.29, 1.82) is 0 Å². The SMILES string of the molecule is COC12CC3C[C@H](C1)[C+](C)[C@@H](C3)C2. The number of hydrogen-bond acceptors (Lipinski definition) is 1. The van der Waals surface area contributed by atoms with Crippen molar-refractivity contribution in [2.45, 2.75) is 44.6 Å². The Balaban J connectivity index is 1.92. The van der Waals surface area contributed by atoms with E-state index in [1.807, 2.05) is 7.11 Å². The number of hydrogen-bond donors (Lipinski definition) is 0. The summed E-state index contributed by atoms with van der Waals surface area (Å²) in [6, 6.07) is 0. The third kappa shape index (κ3) is 0.999. The fourth-order valence-electron chi connectivity index (χ4n) is 4.19. The third-order valence-corrected chi connectivity index (χ3v) is 4.85. The van der Waals surface area contributed by atoms with E-state index in [4.69, 9.17) is 4.74 Å². The summed E-state index contributed by atoms with van der Waals surface area (Å²) in [6.07, 6.45) is 6.93. The first-order valence-electron chi connectivity index (χ1n) is 5.61. The lowest BCUT2D eigenvalue weighted by molar-refractivity contribution is -0.134. The number of ether oxygens (including phenoxy) is 1. The van der Waals surface area contributed by atoms with Crippen LogP contribution in [0.1, 0.15) is 39.0 Å². The molecule has 1 heteroatoms. The van der Waals surface area contributed by atoms with Gasteiger partial charge in [-0.05, 0) is 25.2 Å². The van der Waals surface area contributed by atoms with Gasteiger partial charge in [-0.3, -0.25) is 0 Å². The first-order valence-corrected chi connectivity index (χ1v) is 5.61. The summed E-state index contributed by atoms with van der Waals surface area (Å²) in [5.74, 6) is 4.60. The molecule has 4 saturated carbocycles. The molecular formula is C12H19O+. The van der Waals surface area contributed by atoms with Crippen LogP contribution >= 0.6 is 0 Å². The van der Waals surface area contributed by atoms with Crippen LogP contribution in [-0.4, -0.2) is 12.7 Å². The zero-order valence-electron chi connectivity index (χ0n) is 8.68. The lowest BCUT2D eigenvalue weighted by atomic mass is 9.50. The van der Waals surface area contributed by atoms with Crippen LogP contribution in [0.15, 0.2) is 0 Å². The van der Waals surface area contributed by atoms with Crippen molar-refractivity contribution in [3.8, 4) is 0 Å². The van der Waals surface area contributed by atoms with Crippen LogP contribution in [0.4, 0.5) is 0 Å². The molecule has 72 valence electrons. The van der Waals surface area contributed by atoms with E-state index < -0.39 is 0 Å². The normalized spacial score (nSPS) is 53.1. The van der Waals surface area contributed by atoms with Gasteiger partial charge in [0.25, 0.3) is 0 Å². The molecule has 0 aromatic rings. The molecule has 4 bridgehead atoms. The molecule has 0 spiro atoms. The van der Waals surface area contributed by atoms with Gasteiger partial charge in [-0.1, -0.05) is 0 Å². The van der Waals surface area contributed by atoms with Gasteiger partial charge in [-0.15, -0.1) is 0 Å². The molecule has 0 radical (unpaired) electrons. The molecule has 0 heterocycles. The van der Waals surface area contributed by atoms with Crippen molar-refractivity contribution in [3.05, 3.63) is 5.92 Å². The van der Waals surface area contributed by atoms with Gasteiger partial charge in [0.2, 0.25) is 0 Å². The maximum absolute atomic E-state index is 5.79. The van der Waals surface area contributed by atoms with Crippen LogP contribution in [0.5, 0.6) is 0 Å². The van der Waals surface area contributed by atoms with E-state index in [0.717, 1.165) is 17.8 Å². The fourth-order valence-corrected chi connectivity index (χ4v) is 4.19. The summed E-state index contributed by atoms with van der Waals surface area (Å²) < 4.78 is 5.79. The first kappa shape index (κ1) is 8.16. The first-order chi connectivity index (χ1) is 6.22. The monoisotopic (exact) mass is 179 g/mol. The smallest absolute Gasteiger partial charge is 0.103 e. The van der Waals surface area contributed by atoms with Crippen LogP contribution < -0.4 is 0 Å². The highest BCUT2D eigenvalue weighted by Crippen LogP contribution is 2.59. The molecule has 0 N–H and O–H groups in total. The highest BCUT2D eigenvalue weighted by atomic mass is 16.5. The molecule has 0 aromatic heterocycles. The Bertz CT molecular complexity index is 207. The predicted octanol–water partition coefficient (Wildman–Crippen LogP) is 2.81. The summed E-state index contributed by atoms with van der Waals surface area (Å²) in [7, 11) is 1.92. The van der Waals surface area contributed by atoms with E-state index in [0.29, 0.717) is 5.60 Å². The van der Waals surface area contributed by atoms with Crippen molar-refractivity contribution in [2.24, 2.45) is 17.8 Å². The van der Waals surface area contributed by atoms with Crippen LogP contribution in [0, 0.1) is 23.7 Å². The van der Waals surface area contributed by atoms with Gasteiger partial charge in [0.1, 0.15) is 11.8 Å². The van der Waals surface area contributed by atoms with Crippen molar-refractivity contribution >= 4 is 0 Å². The minimum Gasteiger partial charge on any atom is -0.378 e. The lowest BCUT2D eigenvalue weighted by Gasteiger charge is -2.53. The quantitative estimate of drug-likeness (QED) is 0.562. The average molecular weight is 179 g/mol. The van der Waals surface area contributed by atoms with E-state index in [9.17, 15) is 0 Å². The van der Waals surface area contributed by atoms with Crippen LogP contribution in [0.2, 0.25) is 0 Å². The molecule has 4 aliphatic rings. The fraction of sp³-hybridized carbons (Fsp3) is 0.917. The van der Waals surface area contributed by atoms with E-state index in [-0.39, 0.29) is 0 Å². The summed E-state index contributed by atoms with van der Waals surface area (Å²) in [4.78, 5) is 0. The Morgan fingerprint density at radius 1 is 1.15 bits per heavy atom. The van der Waals surface area contributed by atoms with Gasteiger partial charge in [-0.2, -0.15) is 0 Å². The van der Waals surface area contributed by atoms with Gasteiger partial charge in [0, 0.05) is 20.0 Å². The van der Waals surface area contributed by atoms with E-state index in [1.165, 1.54) is 32.1 Å². The summed E-state index contributed by atoms with van der Waals surface area (Å²) >= 11 is 0. The van der Waals surface area contributed by atoms with E-state index >= 15 is 0 Å². The highest BCUT2D eigenvalue weighted by Gasteiger charge is 2.60. The van der Waals surface area contributed by atoms with Crippen LogP contribution in [0.3, 0.4) is 0 Å². The standard InChI is InChI=1S/C12H19O/c1-8-10-3-9-4-11(8)7-12(5-9,6-10)13-2/h9-11H,3-7H2,1-2H3/q+1/t9?,10-,11+,12?. The average Bonchev–Trinajstić information content (AvgIpc) is 2.13. The molecular weight excluding hydrogens is 160 g/mol. The molecule has 13 heavy (non-hydrogen) atoms. The van der Waals surface area contributed by atoms with Crippen LogP contribution in [-0.2, 0) is 4.74 Å². The molecule has 0 saturated heterocycles. The van der Waals surface area contributed by atoms with Gasteiger partial charge in [0.05, 0.1) is 18.4 Å². The molecule has 0 aromatic carbocycles. The Hall–Kier alpha value is -0.170. The van der Waals surface area contributed by atoms with E-state index in [1.54, 1.807) is 5.92 Å². The molecule has 0 amide bonds. The zero-order valence-corrected chi connectivity index (χ0v) is 8.68.